The molecule has 0 heterocycles. The third-order valence-electron chi connectivity index (χ3n) is 29.8. The lowest BCUT2D eigenvalue weighted by atomic mass is 9.33. The SMILES string of the molecule is CC(=O)O[C@H]1CC[C@]2(C)[C@H]3CC=C4[C@@H]5[C@@H](C)[C@H](C)CC[C@]5(C(=O)NCCCCCCCCCNC(=O)[C@]56CC[C@@H](C)[C@H](C)[C@H]5C5=CC[C@@H]7[C@@]8(C)CC[C@H](OC(C)=O)C(C)(C)[C@@H]8CC[C@@]7(C)[C@]5(C)CC6)CC[C@@]4(C)[C@]3(C)CC[C@H]2C1(C)C. The van der Waals surface area contributed by atoms with Gasteiger partial charge in [0.15, 0.2) is 0 Å². The highest BCUT2D eigenvalue weighted by Gasteiger charge is 2.72. The number of ether oxygens (including phenoxy) is 2. The molecule has 81 heavy (non-hydrogen) atoms. The number of nitrogens with one attached hydrogen (secondary N) is 2. The number of hydrogen-bond acceptors (Lipinski definition) is 6. The fourth-order valence-electron chi connectivity index (χ4n) is 24.4. The topological polar surface area (TPSA) is 111 Å². The van der Waals surface area contributed by atoms with Crippen LogP contribution in [0.25, 0.3) is 0 Å². The summed E-state index contributed by atoms with van der Waals surface area (Å²) < 4.78 is 12.0. The van der Waals surface area contributed by atoms with Crippen LogP contribution in [-0.4, -0.2) is 49.1 Å². The van der Waals surface area contributed by atoms with Gasteiger partial charge in [-0.15, -0.1) is 0 Å². The Hall–Kier alpha value is -2.64. The molecule has 0 spiro atoms. The molecule has 0 unspecified atom stereocenters. The van der Waals surface area contributed by atoms with Gasteiger partial charge in [0.25, 0.3) is 0 Å². The molecule has 20 atom stereocenters. The fourth-order valence-corrected chi connectivity index (χ4v) is 24.4. The predicted molar refractivity (Wildman–Crippen MR) is 327 cm³/mol. The van der Waals surface area contributed by atoms with Crippen molar-refractivity contribution in [1.29, 1.82) is 0 Å². The molecule has 2 amide bonds. The Morgan fingerprint density at radius 2 is 0.802 bits per heavy atom. The molecule has 0 aliphatic heterocycles. The second kappa shape index (κ2) is 21.6. The van der Waals surface area contributed by atoms with E-state index in [4.69, 9.17) is 9.47 Å². The van der Waals surface area contributed by atoms with E-state index in [0.717, 1.165) is 129 Å². The average Bonchev–Trinajstić information content (AvgIpc) is 2.32. The Balaban J connectivity index is 0.702. The van der Waals surface area contributed by atoms with Gasteiger partial charge in [-0.1, -0.05) is 152 Å². The molecule has 0 aromatic carbocycles. The molecule has 8 nitrogen and oxygen atoms in total. The van der Waals surface area contributed by atoms with Crippen LogP contribution in [0.1, 0.15) is 271 Å². The van der Waals surface area contributed by atoms with Crippen molar-refractivity contribution in [2.24, 2.45) is 113 Å². The van der Waals surface area contributed by atoms with Gasteiger partial charge in [0, 0.05) is 37.8 Å². The number of esters is 2. The summed E-state index contributed by atoms with van der Waals surface area (Å²) in [6.07, 6.45) is 32.9. The maximum absolute atomic E-state index is 14.9. The lowest BCUT2D eigenvalue weighted by molar-refractivity contribution is -0.213. The largest absolute Gasteiger partial charge is 0.462 e. The van der Waals surface area contributed by atoms with Crippen LogP contribution in [0.5, 0.6) is 0 Å². The first-order chi connectivity index (χ1) is 38.0. The average molecular weight is 1120 g/mol. The van der Waals surface area contributed by atoms with Gasteiger partial charge in [-0.05, 0) is 220 Å². The van der Waals surface area contributed by atoms with Gasteiger partial charge < -0.3 is 20.1 Å². The van der Waals surface area contributed by atoms with E-state index >= 15 is 0 Å². The summed E-state index contributed by atoms with van der Waals surface area (Å²) in [4.78, 5) is 54.2. The molecule has 10 aliphatic rings. The summed E-state index contributed by atoms with van der Waals surface area (Å²) in [5.41, 5.74) is 3.41. The molecule has 0 bridgehead atoms. The third-order valence-corrected chi connectivity index (χ3v) is 29.8. The van der Waals surface area contributed by atoms with Gasteiger partial charge in [0.05, 0.1) is 10.8 Å². The van der Waals surface area contributed by atoms with Gasteiger partial charge in [0.2, 0.25) is 11.8 Å². The van der Waals surface area contributed by atoms with Crippen molar-refractivity contribution in [3.8, 4) is 0 Å². The minimum atomic E-state index is -0.312. The first-order valence-electron chi connectivity index (χ1n) is 34.3. The van der Waals surface area contributed by atoms with Crippen LogP contribution in [0.2, 0.25) is 0 Å². The van der Waals surface area contributed by atoms with Crippen LogP contribution < -0.4 is 10.6 Å². The number of amides is 2. The van der Waals surface area contributed by atoms with Gasteiger partial charge in [-0.3, -0.25) is 19.2 Å². The molecule has 8 fully saturated rings. The molecule has 10 aliphatic carbocycles. The number of hydrogen-bond donors (Lipinski definition) is 2. The normalized spacial score (nSPS) is 47.3. The fraction of sp³-hybridized carbons (Fsp3) is 0.890. The molecule has 8 heteroatoms. The molecule has 0 radical (unpaired) electrons. The van der Waals surface area contributed by atoms with Gasteiger partial charge in [-0.2, -0.15) is 0 Å². The minimum Gasteiger partial charge on any atom is -0.462 e. The van der Waals surface area contributed by atoms with Crippen LogP contribution in [0.15, 0.2) is 23.3 Å². The van der Waals surface area contributed by atoms with Crippen LogP contribution in [0.3, 0.4) is 0 Å². The molecule has 8 saturated carbocycles. The van der Waals surface area contributed by atoms with Crippen molar-refractivity contribution in [2.75, 3.05) is 13.1 Å². The Bertz CT molecular complexity index is 2310. The Morgan fingerprint density at radius 3 is 1.16 bits per heavy atom. The number of unbranched alkanes of at least 4 members (excludes halogenated alkanes) is 6. The van der Waals surface area contributed by atoms with E-state index < -0.39 is 0 Å². The highest BCUT2D eigenvalue weighted by atomic mass is 16.5. The second-order valence-electron chi connectivity index (χ2n) is 33.5. The molecule has 456 valence electrons. The van der Waals surface area contributed by atoms with E-state index in [2.05, 4.69) is 120 Å². The first kappa shape index (κ1) is 61.4. The van der Waals surface area contributed by atoms with E-state index in [9.17, 15) is 19.2 Å². The van der Waals surface area contributed by atoms with Gasteiger partial charge >= 0.3 is 11.9 Å². The monoisotopic (exact) mass is 1120 g/mol. The first-order valence-corrected chi connectivity index (χ1v) is 34.3. The van der Waals surface area contributed by atoms with Crippen molar-refractivity contribution >= 4 is 23.8 Å². The maximum Gasteiger partial charge on any atom is 0.302 e. The van der Waals surface area contributed by atoms with Crippen LogP contribution in [0.4, 0.5) is 0 Å². The number of rotatable bonds is 14. The Kier molecular flexibility index (Phi) is 16.4. The predicted octanol–water partition coefficient (Wildman–Crippen LogP) is 17.1. The molecule has 2 N–H and O–H groups in total. The van der Waals surface area contributed by atoms with E-state index in [1.807, 2.05) is 0 Å². The zero-order valence-electron chi connectivity index (χ0n) is 54.6. The van der Waals surface area contributed by atoms with Crippen molar-refractivity contribution in [3.05, 3.63) is 23.3 Å². The molecular weight excluding hydrogens is 1000 g/mol. The highest BCUT2D eigenvalue weighted by Crippen LogP contribution is 2.78. The van der Waals surface area contributed by atoms with Crippen LogP contribution in [-0.2, 0) is 28.7 Å². The smallest absolute Gasteiger partial charge is 0.302 e. The maximum atomic E-state index is 14.9. The molecule has 0 saturated heterocycles. The zero-order chi connectivity index (χ0) is 58.7. The van der Waals surface area contributed by atoms with E-state index in [0.29, 0.717) is 71.0 Å². The summed E-state index contributed by atoms with van der Waals surface area (Å²) >= 11 is 0. The number of fused-ring (bicyclic) bond motifs is 14. The molecule has 0 aromatic rings. The van der Waals surface area contributed by atoms with Gasteiger partial charge in [-0.25, -0.2) is 0 Å². The Morgan fingerprint density at radius 1 is 0.444 bits per heavy atom. The number of carbonyl (C=O) groups is 4. The summed E-state index contributed by atoms with van der Waals surface area (Å²) in [5, 5.41) is 7.19. The van der Waals surface area contributed by atoms with E-state index in [-0.39, 0.29) is 78.3 Å². The van der Waals surface area contributed by atoms with Gasteiger partial charge in [0.1, 0.15) is 12.2 Å². The van der Waals surface area contributed by atoms with Crippen molar-refractivity contribution in [2.45, 2.75) is 284 Å². The van der Waals surface area contributed by atoms with Crippen molar-refractivity contribution in [1.82, 2.24) is 10.6 Å². The number of carbonyl (C=O) groups excluding carboxylic acids is 4. The van der Waals surface area contributed by atoms with Crippen molar-refractivity contribution < 1.29 is 28.7 Å². The number of allylic oxidation sites excluding steroid dienone is 4. The lowest BCUT2D eigenvalue weighted by Crippen LogP contribution is -2.66. The summed E-state index contributed by atoms with van der Waals surface area (Å²) in [7, 11) is 0. The minimum absolute atomic E-state index is 0.0110. The summed E-state index contributed by atoms with van der Waals surface area (Å²) in [6, 6.07) is 0. The van der Waals surface area contributed by atoms with Crippen LogP contribution >= 0.6 is 0 Å². The Labute approximate surface area is 494 Å². The quantitative estimate of drug-likeness (QED) is 0.102. The highest BCUT2D eigenvalue weighted by molar-refractivity contribution is 5.85. The summed E-state index contributed by atoms with van der Waals surface area (Å²) in [5.74, 6) is 5.35. The molecular formula is C73H118N2O6. The molecule has 0 aromatic heterocycles. The molecule has 10 rings (SSSR count). The standard InChI is InChI=1S/C73H118N2O6/c1-46-28-38-72(42-40-68(13)52(60(72)48(46)3)24-26-56-66(11)34-32-58(80-50(5)76)64(7,8)54(66)30-36-70(56,68)15)62(78)74-44-22-20-18-17-19-21-23-45-75-63(79)73-39-29-47(2)49(4)61(73)53-25-27-57-67(12)35-33-59(81-51(6)77)65(9,10)55(67)31-37-71(57,16)69(53,14)41-43-73/h24-25,46-49,54-61H,17-23,26-45H2,1-16H3,(H,74,78)(H,75,79)/t46-,47-,48+,49+,54+,55+,56-,57-,58+,59+,60+,61+,66+,67+,68-,69-,70-,71-,72+,73+/m1/s1. The van der Waals surface area contributed by atoms with Crippen molar-refractivity contribution in [3.63, 3.8) is 0 Å². The summed E-state index contributed by atoms with van der Waals surface area (Å²) in [6.45, 7) is 39.9. The van der Waals surface area contributed by atoms with Crippen LogP contribution in [0, 0.1) is 113 Å². The zero-order valence-corrected chi connectivity index (χ0v) is 54.6. The van der Waals surface area contributed by atoms with E-state index in [1.54, 1.807) is 25.0 Å². The van der Waals surface area contributed by atoms with E-state index in [1.165, 1.54) is 44.9 Å². The second-order valence-corrected chi connectivity index (χ2v) is 33.5. The third kappa shape index (κ3) is 9.30. The lowest BCUT2D eigenvalue weighted by Gasteiger charge is -2.71.